The maximum atomic E-state index is 12.7. The number of hydrogen-bond donors (Lipinski definition) is 5. The van der Waals surface area contributed by atoms with Crippen LogP contribution in [0.25, 0.3) is 11.0 Å². The first kappa shape index (κ1) is 30.3. The summed E-state index contributed by atoms with van der Waals surface area (Å²) in [7, 11) is 1.41. The van der Waals surface area contributed by atoms with Gasteiger partial charge in [-0.25, -0.2) is 0 Å². The van der Waals surface area contributed by atoms with E-state index in [1.807, 2.05) is 12.1 Å². The van der Waals surface area contributed by atoms with Crippen LogP contribution in [0.3, 0.4) is 0 Å². The van der Waals surface area contributed by atoms with E-state index in [2.05, 4.69) is 0 Å². The van der Waals surface area contributed by atoms with Crippen LogP contribution in [0, 0.1) is 0 Å². The number of benzene rings is 4. The summed E-state index contributed by atoms with van der Waals surface area (Å²) in [6.07, 6.45) is -2.87. The fourth-order valence-corrected chi connectivity index (χ4v) is 5.31. The number of ether oxygens (including phenoxy) is 4. The lowest BCUT2D eigenvalue weighted by atomic mass is 9.92. The van der Waals surface area contributed by atoms with Crippen LogP contribution in [-0.2, 0) is 0 Å². The molecule has 46 heavy (non-hydrogen) atoms. The van der Waals surface area contributed by atoms with Gasteiger partial charge in [0.05, 0.1) is 25.4 Å². The Morgan fingerprint density at radius 2 is 1.50 bits per heavy atom. The first-order valence-electron chi connectivity index (χ1n) is 14.0. The van der Waals surface area contributed by atoms with Gasteiger partial charge < -0.3 is 48.9 Å². The number of carbonyl (C=O) groups is 1. The lowest BCUT2D eigenvalue weighted by Crippen LogP contribution is -2.37. The summed E-state index contributed by atoms with van der Waals surface area (Å²) >= 11 is 0. The summed E-state index contributed by atoms with van der Waals surface area (Å²) in [6.45, 7) is -0.349. The molecule has 0 saturated carbocycles. The number of rotatable bonds is 4. The van der Waals surface area contributed by atoms with Gasteiger partial charge in [-0.1, -0.05) is 24.3 Å². The molecule has 4 aromatic carbocycles. The smallest absolute Gasteiger partial charge is 0.202 e. The predicted molar refractivity (Wildman–Crippen MR) is 162 cm³/mol. The van der Waals surface area contributed by atoms with Gasteiger partial charge >= 0.3 is 0 Å². The van der Waals surface area contributed by atoms with Gasteiger partial charge in [0.2, 0.25) is 5.78 Å². The van der Waals surface area contributed by atoms with Crippen molar-refractivity contribution in [3.63, 3.8) is 0 Å². The molecule has 2 aliphatic heterocycles. The highest BCUT2D eigenvalue weighted by Gasteiger charge is 2.40. The van der Waals surface area contributed by atoms with Gasteiger partial charge in [0, 0.05) is 23.8 Å². The first-order chi connectivity index (χ1) is 22.2. The third-order valence-electron chi connectivity index (χ3n) is 7.57. The summed E-state index contributed by atoms with van der Waals surface area (Å²) in [5, 5.41) is 50.9. The summed E-state index contributed by atoms with van der Waals surface area (Å²) < 4.78 is 28.1. The number of carbonyl (C=O) groups excluding carboxylic acids is 1. The van der Waals surface area contributed by atoms with Gasteiger partial charge in [-0.05, 0) is 42.0 Å². The number of para-hydroxylation sites is 1. The first-order valence-corrected chi connectivity index (χ1v) is 14.0. The highest BCUT2D eigenvalue weighted by Crippen LogP contribution is 2.45. The van der Waals surface area contributed by atoms with Gasteiger partial charge in [-0.2, -0.15) is 0 Å². The highest BCUT2D eigenvalue weighted by atomic mass is 16.6. The van der Waals surface area contributed by atoms with E-state index in [0.29, 0.717) is 27.8 Å². The molecule has 4 atom stereocenters. The monoisotopic (exact) mass is 628 g/mol. The fourth-order valence-electron chi connectivity index (χ4n) is 5.31. The molecule has 4 unspecified atom stereocenters. The molecular formula is C34H28O12. The lowest BCUT2D eigenvalue weighted by molar-refractivity contribution is -0.0130. The zero-order chi connectivity index (χ0) is 32.5. The van der Waals surface area contributed by atoms with E-state index in [-0.39, 0.29) is 46.3 Å². The van der Waals surface area contributed by atoms with Crippen molar-refractivity contribution in [1.82, 2.24) is 0 Å². The number of phenols is 3. The Labute approximate surface area is 260 Å². The Balaban J connectivity index is 0.000000283. The van der Waals surface area contributed by atoms with E-state index in [1.54, 1.807) is 42.5 Å². The molecule has 0 spiro atoms. The van der Waals surface area contributed by atoms with Crippen LogP contribution in [0.2, 0.25) is 0 Å². The van der Waals surface area contributed by atoms with E-state index in [9.17, 15) is 35.1 Å². The van der Waals surface area contributed by atoms with Gasteiger partial charge in [-0.3, -0.25) is 9.59 Å². The van der Waals surface area contributed by atoms with E-state index < -0.39 is 35.9 Å². The molecule has 0 saturated heterocycles. The number of aliphatic hydroxyl groups excluding tert-OH is 2. The van der Waals surface area contributed by atoms with Crippen molar-refractivity contribution in [2.75, 3.05) is 13.7 Å². The molecule has 5 aromatic rings. The van der Waals surface area contributed by atoms with Gasteiger partial charge in [-0.15, -0.1) is 0 Å². The average Bonchev–Trinajstić information content (AvgIpc) is 3.06. The Bertz CT molecular complexity index is 1980. The van der Waals surface area contributed by atoms with E-state index in [0.717, 1.165) is 6.07 Å². The Morgan fingerprint density at radius 1 is 0.761 bits per heavy atom. The van der Waals surface area contributed by atoms with Crippen LogP contribution in [0.4, 0.5) is 0 Å². The standard InChI is InChI=1S/C25H22O10.C9H6O2/c1-32-17-6-11(2-4-14(17)28)24-20(10-26)33-16-5-3-12(7-18(16)34-24)25-23(31)22(30)21-15(29)8-13(27)9-19(21)35-25;10-8-5-6-11-9-4-2-1-3-7(8)9/h2-9,20,23-29,31H,10H2,1H3;1-6H. The highest BCUT2D eigenvalue weighted by molar-refractivity contribution is 6.05. The average molecular weight is 629 g/mol. The van der Waals surface area contributed by atoms with Crippen LogP contribution < -0.4 is 24.4 Å². The molecule has 0 radical (unpaired) electrons. The Morgan fingerprint density at radius 3 is 2.26 bits per heavy atom. The fraction of sp³-hybridized carbons (Fsp3) is 0.176. The topological polar surface area (TPSA) is 185 Å². The molecule has 12 nitrogen and oxygen atoms in total. The van der Waals surface area contributed by atoms with Crippen LogP contribution >= 0.6 is 0 Å². The van der Waals surface area contributed by atoms with Crippen molar-refractivity contribution in [2.45, 2.75) is 24.4 Å². The zero-order valence-electron chi connectivity index (χ0n) is 24.2. The molecule has 236 valence electrons. The number of Topliss-reactive ketones (excluding diaryl/α,β-unsaturated/α-hetero) is 1. The summed E-state index contributed by atoms with van der Waals surface area (Å²) in [5.74, 6) is -0.823. The molecule has 12 heteroatoms. The van der Waals surface area contributed by atoms with E-state index in [1.165, 1.54) is 31.6 Å². The minimum Gasteiger partial charge on any atom is -0.508 e. The zero-order valence-corrected chi connectivity index (χ0v) is 24.2. The maximum Gasteiger partial charge on any atom is 0.202 e. The second-order valence-corrected chi connectivity index (χ2v) is 10.5. The maximum absolute atomic E-state index is 12.7. The second-order valence-electron chi connectivity index (χ2n) is 10.5. The molecule has 0 aliphatic carbocycles. The molecule has 7 rings (SSSR count). The normalized spacial score (nSPS) is 19.8. The molecule has 3 heterocycles. The molecule has 2 aliphatic rings. The third kappa shape index (κ3) is 5.62. The SMILES string of the molecule is COc1cc(C2Oc3cc(C4Oc5cc(O)cc(O)c5C(=O)C4O)ccc3OC2CO)ccc1O.O=c1ccoc2ccccc12. The predicted octanol–water partition coefficient (Wildman–Crippen LogP) is 4.16. The van der Waals surface area contributed by atoms with Gasteiger partial charge in [0.25, 0.3) is 0 Å². The number of fused-ring (bicyclic) bond motifs is 3. The van der Waals surface area contributed by atoms with Crippen molar-refractivity contribution >= 4 is 16.8 Å². The number of phenolic OH excluding ortho intramolecular Hbond substituents is 3. The summed E-state index contributed by atoms with van der Waals surface area (Å²) in [6, 6.07) is 20.1. The minimum absolute atomic E-state index is 0.00634. The lowest BCUT2D eigenvalue weighted by Gasteiger charge is -2.35. The number of methoxy groups -OCH3 is 1. The summed E-state index contributed by atoms with van der Waals surface area (Å²) in [5.41, 5.74) is 1.40. The number of aliphatic hydroxyl groups is 2. The van der Waals surface area contributed by atoms with Gasteiger partial charge in [0.1, 0.15) is 28.4 Å². The largest absolute Gasteiger partial charge is 0.508 e. The van der Waals surface area contributed by atoms with Crippen LogP contribution in [0.5, 0.6) is 40.2 Å². The summed E-state index contributed by atoms with van der Waals surface area (Å²) in [4.78, 5) is 23.9. The van der Waals surface area contributed by atoms with Crippen molar-refractivity contribution in [2.24, 2.45) is 0 Å². The van der Waals surface area contributed by atoms with Crippen LogP contribution in [0.1, 0.15) is 33.7 Å². The van der Waals surface area contributed by atoms with E-state index in [4.69, 9.17) is 23.4 Å². The van der Waals surface area contributed by atoms with Crippen molar-refractivity contribution < 1.29 is 53.7 Å². The molecule has 5 N–H and O–H groups in total. The van der Waals surface area contributed by atoms with Gasteiger partial charge in [0.15, 0.2) is 52.8 Å². The third-order valence-corrected chi connectivity index (χ3v) is 7.57. The van der Waals surface area contributed by atoms with Crippen molar-refractivity contribution in [3.8, 4) is 40.2 Å². The Hall–Kier alpha value is -5.72. The molecular weight excluding hydrogens is 600 g/mol. The van der Waals surface area contributed by atoms with Crippen molar-refractivity contribution in [3.05, 3.63) is 112 Å². The molecule has 0 fully saturated rings. The quantitative estimate of drug-likeness (QED) is 0.192. The number of hydrogen-bond acceptors (Lipinski definition) is 12. The van der Waals surface area contributed by atoms with Crippen LogP contribution in [0.15, 0.2) is 94.3 Å². The number of aromatic hydroxyl groups is 3. The van der Waals surface area contributed by atoms with E-state index >= 15 is 0 Å². The van der Waals surface area contributed by atoms with Crippen molar-refractivity contribution in [1.29, 1.82) is 0 Å². The molecule has 0 bridgehead atoms. The van der Waals surface area contributed by atoms with Crippen LogP contribution in [-0.4, -0.2) is 57.2 Å². The number of ketones is 1. The second kappa shape index (κ2) is 12.3. The minimum atomic E-state index is -1.62. The molecule has 1 aromatic heterocycles. The molecule has 0 amide bonds. The Kier molecular flexibility index (Phi) is 8.14.